The predicted molar refractivity (Wildman–Crippen MR) is 120 cm³/mol. The zero-order valence-electron chi connectivity index (χ0n) is 18.4. The fourth-order valence-corrected chi connectivity index (χ4v) is 5.62. The van der Waals surface area contributed by atoms with E-state index in [1.54, 1.807) is 29.0 Å². The summed E-state index contributed by atoms with van der Waals surface area (Å²) in [6.45, 7) is 0.917. The molecule has 2 atom stereocenters. The summed E-state index contributed by atoms with van der Waals surface area (Å²) in [5.74, 6) is -0.459. The second kappa shape index (κ2) is 8.82. The number of hydrogen-bond acceptors (Lipinski definition) is 6. The maximum atomic E-state index is 13.9. The molecule has 2 aliphatic heterocycles. The Labute approximate surface area is 190 Å². The number of rotatable bonds is 5. The molecule has 1 aromatic heterocycles. The van der Waals surface area contributed by atoms with Gasteiger partial charge in [-0.1, -0.05) is 6.07 Å². The molecule has 1 aromatic carbocycles. The van der Waals surface area contributed by atoms with Crippen molar-refractivity contribution in [3.05, 3.63) is 45.6 Å². The van der Waals surface area contributed by atoms with Crippen molar-refractivity contribution in [1.82, 2.24) is 9.80 Å². The van der Waals surface area contributed by atoms with Gasteiger partial charge < -0.3 is 25.0 Å². The van der Waals surface area contributed by atoms with Crippen molar-refractivity contribution in [3.63, 3.8) is 0 Å². The van der Waals surface area contributed by atoms with E-state index in [4.69, 9.17) is 15.2 Å². The van der Waals surface area contributed by atoms with Gasteiger partial charge in [-0.05, 0) is 42.0 Å². The third kappa shape index (κ3) is 3.70. The summed E-state index contributed by atoms with van der Waals surface area (Å²) in [5.41, 5.74) is 6.53. The summed E-state index contributed by atoms with van der Waals surface area (Å²) in [6, 6.07) is 6.83. The number of hydrogen-bond donors (Lipinski definition) is 1. The molecule has 32 heavy (non-hydrogen) atoms. The first-order valence-electron chi connectivity index (χ1n) is 10.5. The Balaban J connectivity index is 1.79. The minimum absolute atomic E-state index is 0.0702. The molecule has 0 spiro atoms. The van der Waals surface area contributed by atoms with Crippen molar-refractivity contribution < 1.29 is 23.9 Å². The average Bonchev–Trinajstić information content (AvgIpc) is 3.34. The van der Waals surface area contributed by atoms with Crippen LogP contribution < -0.4 is 15.2 Å². The Morgan fingerprint density at radius 1 is 1.12 bits per heavy atom. The van der Waals surface area contributed by atoms with Crippen LogP contribution in [0.5, 0.6) is 11.5 Å². The molecule has 170 valence electrons. The van der Waals surface area contributed by atoms with E-state index in [9.17, 15) is 14.4 Å². The van der Waals surface area contributed by atoms with Gasteiger partial charge >= 0.3 is 0 Å². The van der Waals surface area contributed by atoms with E-state index in [1.165, 1.54) is 25.6 Å². The third-order valence-electron chi connectivity index (χ3n) is 6.48. The van der Waals surface area contributed by atoms with Crippen LogP contribution in [0.3, 0.4) is 0 Å². The van der Waals surface area contributed by atoms with Crippen molar-refractivity contribution in [2.45, 2.75) is 24.8 Å². The monoisotopic (exact) mass is 457 g/mol. The highest BCUT2D eigenvalue weighted by Gasteiger charge is 2.45. The van der Waals surface area contributed by atoms with Crippen LogP contribution in [0.25, 0.3) is 0 Å². The topological polar surface area (TPSA) is 102 Å². The number of likely N-dealkylation sites (tertiary alicyclic amines) is 1. The van der Waals surface area contributed by atoms with Crippen molar-refractivity contribution >= 4 is 29.1 Å². The van der Waals surface area contributed by atoms with Crippen LogP contribution in [0.4, 0.5) is 0 Å². The number of likely N-dealkylation sites (N-methyl/N-ethyl adjacent to an activating group) is 1. The van der Waals surface area contributed by atoms with Gasteiger partial charge in [0.25, 0.3) is 5.91 Å². The van der Waals surface area contributed by atoms with Crippen LogP contribution in [0.1, 0.15) is 45.6 Å². The number of piperidine rings is 1. The van der Waals surface area contributed by atoms with Gasteiger partial charge in [0.1, 0.15) is 0 Å². The van der Waals surface area contributed by atoms with Gasteiger partial charge in [0, 0.05) is 36.5 Å². The lowest BCUT2D eigenvalue weighted by atomic mass is 9.80. The van der Waals surface area contributed by atoms with E-state index in [1.807, 2.05) is 17.5 Å². The van der Waals surface area contributed by atoms with E-state index in [2.05, 4.69) is 0 Å². The molecule has 0 saturated carbocycles. The van der Waals surface area contributed by atoms with Gasteiger partial charge in [0.05, 0.1) is 26.2 Å². The second-order valence-electron chi connectivity index (χ2n) is 8.15. The number of methoxy groups -OCH3 is 2. The molecule has 9 heteroatoms. The number of nitrogens with zero attached hydrogens (tertiary/aromatic N) is 2. The fourth-order valence-electron chi connectivity index (χ4n) is 4.71. The third-order valence-corrected chi connectivity index (χ3v) is 7.43. The number of ether oxygens (including phenoxy) is 2. The molecule has 2 aliphatic rings. The summed E-state index contributed by atoms with van der Waals surface area (Å²) in [4.78, 5) is 43.1. The first kappa shape index (κ1) is 22.1. The standard InChI is InChI=1S/C23H27N3O5S/c1-25-20(18-5-4-10-32-18)19(23(29)26-8-6-13(7-9-26)21(24)27)14-11-16(30-2)17(31-3)12-15(14)22(25)28/h4-5,10-13,19-20H,6-9H2,1-3H3,(H2,24,27)/t19-,20+/m0/s1. The van der Waals surface area contributed by atoms with E-state index in [0.717, 1.165) is 4.88 Å². The van der Waals surface area contributed by atoms with Crippen LogP contribution in [-0.2, 0) is 9.59 Å². The lowest BCUT2D eigenvalue weighted by molar-refractivity contribution is -0.137. The SMILES string of the molecule is COc1cc2c(cc1OC)[C@H](C(=O)N1CCC(C(N)=O)CC1)[C@@H](c1cccs1)N(C)C2=O. The van der Waals surface area contributed by atoms with Gasteiger partial charge in [0.15, 0.2) is 11.5 Å². The molecule has 1 saturated heterocycles. The second-order valence-corrected chi connectivity index (χ2v) is 9.13. The quantitative estimate of drug-likeness (QED) is 0.743. The van der Waals surface area contributed by atoms with Gasteiger partial charge in [-0.25, -0.2) is 0 Å². The zero-order valence-corrected chi connectivity index (χ0v) is 19.2. The van der Waals surface area contributed by atoms with Crippen molar-refractivity contribution in [3.8, 4) is 11.5 Å². The predicted octanol–water partition coefficient (Wildman–Crippen LogP) is 2.40. The summed E-state index contributed by atoms with van der Waals surface area (Å²) in [7, 11) is 4.77. The Kier molecular flexibility index (Phi) is 6.10. The molecule has 0 bridgehead atoms. The Morgan fingerprint density at radius 2 is 1.78 bits per heavy atom. The number of benzene rings is 1. The first-order chi connectivity index (χ1) is 15.4. The number of carbonyl (C=O) groups excluding carboxylic acids is 3. The fraction of sp³-hybridized carbons (Fsp3) is 0.435. The van der Waals surface area contributed by atoms with Gasteiger partial charge in [-0.2, -0.15) is 0 Å². The smallest absolute Gasteiger partial charge is 0.254 e. The normalized spacial score (nSPS) is 21.3. The molecule has 3 heterocycles. The summed E-state index contributed by atoms with van der Waals surface area (Å²) in [6.07, 6.45) is 1.09. The summed E-state index contributed by atoms with van der Waals surface area (Å²) in [5, 5.41) is 1.94. The van der Waals surface area contributed by atoms with Crippen molar-refractivity contribution in [2.75, 3.05) is 34.4 Å². The lowest BCUT2D eigenvalue weighted by Gasteiger charge is -2.42. The Bertz CT molecular complexity index is 1030. The van der Waals surface area contributed by atoms with Crippen LogP contribution in [0.15, 0.2) is 29.6 Å². The molecular weight excluding hydrogens is 430 g/mol. The van der Waals surface area contributed by atoms with E-state index in [-0.39, 0.29) is 23.6 Å². The van der Waals surface area contributed by atoms with Gasteiger partial charge in [-0.3, -0.25) is 14.4 Å². The first-order valence-corrected chi connectivity index (χ1v) is 11.4. The van der Waals surface area contributed by atoms with Crippen LogP contribution in [0, 0.1) is 5.92 Å². The molecule has 0 unspecified atom stereocenters. The van der Waals surface area contributed by atoms with Crippen LogP contribution in [0.2, 0.25) is 0 Å². The molecule has 0 radical (unpaired) electrons. The summed E-state index contributed by atoms with van der Waals surface area (Å²) < 4.78 is 10.9. The number of primary amides is 1. The van der Waals surface area contributed by atoms with Gasteiger partial charge in [-0.15, -0.1) is 11.3 Å². The maximum absolute atomic E-state index is 13.9. The van der Waals surface area contributed by atoms with Crippen LogP contribution >= 0.6 is 11.3 Å². The van der Waals surface area contributed by atoms with Crippen molar-refractivity contribution in [2.24, 2.45) is 11.7 Å². The van der Waals surface area contributed by atoms with E-state index < -0.39 is 12.0 Å². The number of carbonyl (C=O) groups is 3. The Hall–Kier alpha value is -3.07. The van der Waals surface area contributed by atoms with Crippen LogP contribution in [-0.4, -0.2) is 61.9 Å². The maximum Gasteiger partial charge on any atom is 0.254 e. The minimum atomic E-state index is -0.601. The molecule has 0 aliphatic carbocycles. The zero-order chi connectivity index (χ0) is 23.0. The number of thiophene rings is 1. The molecule has 4 rings (SSSR count). The number of nitrogens with two attached hydrogens (primary N) is 1. The lowest BCUT2D eigenvalue weighted by Crippen LogP contribution is -2.49. The molecule has 1 fully saturated rings. The molecule has 2 aromatic rings. The molecule has 2 N–H and O–H groups in total. The largest absolute Gasteiger partial charge is 0.493 e. The highest BCUT2D eigenvalue weighted by Crippen LogP contribution is 2.47. The van der Waals surface area contributed by atoms with E-state index in [0.29, 0.717) is 48.6 Å². The molecule has 3 amide bonds. The Morgan fingerprint density at radius 3 is 2.34 bits per heavy atom. The van der Waals surface area contributed by atoms with Crippen molar-refractivity contribution in [1.29, 1.82) is 0 Å². The average molecular weight is 458 g/mol. The van der Waals surface area contributed by atoms with Gasteiger partial charge in [0.2, 0.25) is 11.8 Å². The summed E-state index contributed by atoms with van der Waals surface area (Å²) >= 11 is 1.52. The highest BCUT2D eigenvalue weighted by molar-refractivity contribution is 7.10. The number of amides is 3. The molecular formula is C23H27N3O5S. The molecule has 8 nitrogen and oxygen atoms in total. The van der Waals surface area contributed by atoms with E-state index >= 15 is 0 Å². The minimum Gasteiger partial charge on any atom is -0.493 e. The number of fused-ring (bicyclic) bond motifs is 1. The highest BCUT2D eigenvalue weighted by atomic mass is 32.1.